The molecule has 2 heterocycles. The van der Waals surface area contributed by atoms with E-state index >= 15 is 0 Å². The molecule has 0 unspecified atom stereocenters. The van der Waals surface area contributed by atoms with Gasteiger partial charge in [0.1, 0.15) is 0 Å². The summed E-state index contributed by atoms with van der Waals surface area (Å²) in [6.45, 7) is 0.579. The van der Waals surface area contributed by atoms with E-state index in [0.29, 0.717) is 28.8 Å². The first kappa shape index (κ1) is 16.6. The molecule has 0 bridgehead atoms. The number of ether oxygens (including phenoxy) is 1. The van der Waals surface area contributed by atoms with Crippen LogP contribution in [0.2, 0.25) is 10.0 Å². The van der Waals surface area contributed by atoms with Gasteiger partial charge in [-0.05, 0) is 30.5 Å². The number of nitrogens with zero attached hydrogens (tertiary/aromatic N) is 2. The Labute approximate surface area is 145 Å². The second kappa shape index (κ2) is 7.09. The van der Waals surface area contributed by atoms with E-state index in [1.165, 1.54) is 16.4 Å². The summed E-state index contributed by atoms with van der Waals surface area (Å²) >= 11 is 13.4. The Morgan fingerprint density at radius 3 is 2.74 bits per heavy atom. The number of benzene rings is 1. The molecule has 1 aliphatic heterocycles. The molecule has 1 N–H and O–H groups in total. The van der Waals surface area contributed by atoms with Crippen molar-refractivity contribution in [1.82, 2.24) is 14.8 Å². The lowest BCUT2D eigenvalue weighted by molar-refractivity contribution is 0.0395. The first-order chi connectivity index (χ1) is 11.1. The van der Waals surface area contributed by atoms with E-state index in [2.05, 4.69) is 10.1 Å². The fourth-order valence-corrected chi connectivity index (χ4v) is 3.86. The molecule has 9 heteroatoms. The van der Waals surface area contributed by atoms with Crippen LogP contribution in [-0.2, 0) is 10.5 Å². The molecule has 0 spiro atoms. The van der Waals surface area contributed by atoms with Gasteiger partial charge in [0.05, 0.1) is 0 Å². The second-order valence-electron chi connectivity index (χ2n) is 4.97. The van der Waals surface area contributed by atoms with Crippen LogP contribution in [0.15, 0.2) is 32.8 Å². The standard InChI is InChI=1S/C14H13Cl2N3O3S/c15-9-3-1-4-10(16)8(9)7-23-13-12(20)17-14(21)19(18-13)11-5-2-6-22-11/h1,3-4,11H,2,5-7H2,(H,17,20,21)/t11-/m1/s1. The second-order valence-corrected chi connectivity index (χ2v) is 6.74. The van der Waals surface area contributed by atoms with Crippen LogP contribution in [0.25, 0.3) is 0 Å². The smallest absolute Gasteiger partial charge is 0.347 e. The zero-order valence-corrected chi connectivity index (χ0v) is 14.2. The van der Waals surface area contributed by atoms with Crippen LogP contribution in [0.1, 0.15) is 24.6 Å². The van der Waals surface area contributed by atoms with Crippen molar-refractivity contribution in [2.24, 2.45) is 0 Å². The number of hydrogen-bond donors (Lipinski definition) is 1. The quantitative estimate of drug-likeness (QED) is 0.833. The summed E-state index contributed by atoms with van der Waals surface area (Å²) in [4.78, 5) is 26.1. The van der Waals surface area contributed by atoms with Crippen molar-refractivity contribution in [2.45, 2.75) is 29.8 Å². The maximum Gasteiger partial charge on any atom is 0.347 e. The molecule has 2 aromatic rings. The van der Waals surface area contributed by atoms with Gasteiger partial charge in [-0.2, -0.15) is 9.78 Å². The van der Waals surface area contributed by atoms with Crippen LogP contribution in [0.4, 0.5) is 0 Å². The lowest BCUT2D eigenvalue weighted by Crippen LogP contribution is -2.35. The lowest BCUT2D eigenvalue weighted by atomic mass is 10.2. The summed E-state index contributed by atoms with van der Waals surface area (Å²) < 4.78 is 6.63. The molecule has 3 rings (SSSR count). The van der Waals surface area contributed by atoms with Gasteiger partial charge < -0.3 is 4.74 Å². The number of thioether (sulfide) groups is 1. The Kier molecular flexibility index (Phi) is 5.11. The number of aromatic amines is 1. The maximum atomic E-state index is 11.9. The summed E-state index contributed by atoms with van der Waals surface area (Å²) in [5.41, 5.74) is -0.378. The Morgan fingerprint density at radius 2 is 2.09 bits per heavy atom. The van der Waals surface area contributed by atoms with Gasteiger partial charge in [-0.25, -0.2) is 4.79 Å². The predicted octanol–water partition coefficient (Wildman–Crippen LogP) is 2.84. The molecule has 1 aliphatic rings. The third kappa shape index (κ3) is 3.63. The van der Waals surface area contributed by atoms with Crippen LogP contribution in [0, 0.1) is 0 Å². The first-order valence-electron chi connectivity index (χ1n) is 6.96. The monoisotopic (exact) mass is 373 g/mol. The number of H-pyrrole nitrogens is 1. The van der Waals surface area contributed by atoms with Gasteiger partial charge in [0, 0.05) is 22.4 Å². The summed E-state index contributed by atoms with van der Waals surface area (Å²) in [7, 11) is 0. The van der Waals surface area contributed by atoms with Gasteiger partial charge in [0.15, 0.2) is 11.3 Å². The van der Waals surface area contributed by atoms with Crippen LogP contribution in [0.5, 0.6) is 0 Å². The molecule has 0 saturated carbocycles. The number of rotatable bonds is 4. The van der Waals surface area contributed by atoms with E-state index in [4.69, 9.17) is 27.9 Å². The van der Waals surface area contributed by atoms with Gasteiger partial charge in [-0.1, -0.05) is 41.0 Å². The molecule has 23 heavy (non-hydrogen) atoms. The third-order valence-electron chi connectivity index (χ3n) is 3.41. The van der Waals surface area contributed by atoms with E-state index in [1.54, 1.807) is 18.2 Å². The average Bonchev–Trinajstić information content (AvgIpc) is 3.02. The Morgan fingerprint density at radius 1 is 1.35 bits per heavy atom. The summed E-state index contributed by atoms with van der Waals surface area (Å²) in [5.74, 6) is 0.373. The van der Waals surface area contributed by atoms with Gasteiger partial charge in [0.25, 0.3) is 5.56 Å². The summed E-state index contributed by atoms with van der Waals surface area (Å²) in [6, 6.07) is 5.21. The van der Waals surface area contributed by atoms with E-state index in [9.17, 15) is 9.59 Å². The number of halogens is 2. The van der Waals surface area contributed by atoms with Crippen LogP contribution in [-0.4, -0.2) is 21.4 Å². The molecule has 1 aromatic heterocycles. The first-order valence-corrected chi connectivity index (χ1v) is 8.71. The van der Waals surface area contributed by atoms with Crippen LogP contribution in [0.3, 0.4) is 0 Å². The molecule has 122 valence electrons. The van der Waals surface area contributed by atoms with Crippen molar-refractivity contribution in [3.05, 3.63) is 54.6 Å². The lowest BCUT2D eigenvalue weighted by Gasteiger charge is -2.12. The minimum absolute atomic E-state index is 0.177. The molecule has 0 aliphatic carbocycles. The number of hydrogen-bond acceptors (Lipinski definition) is 5. The third-order valence-corrected chi connectivity index (χ3v) is 5.10. The largest absolute Gasteiger partial charge is 0.356 e. The molecule has 1 fully saturated rings. The minimum Gasteiger partial charge on any atom is -0.356 e. The van der Waals surface area contributed by atoms with Crippen molar-refractivity contribution in [1.29, 1.82) is 0 Å². The molecule has 1 aromatic carbocycles. The number of aromatic nitrogens is 3. The highest BCUT2D eigenvalue weighted by Gasteiger charge is 2.21. The fourth-order valence-electron chi connectivity index (χ4n) is 2.25. The summed E-state index contributed by atoms with van der Waals surface area (Å²) in [5, 5.41) is 5.36. The Bertz CT molecular complexity index is 810. The van der Waals surface area contributed by atoms with E-state index in [0.717, 1.165) is 12.0 Å². The van der Waals surface area contributed by atoms with Gasteiger partial charge >= 0.3 is 5.69 Å². The van der Waals surface area contributed by atoms with Gasteiger partial charge in [-0.15, -0.1) is 0 Å². The highest BCUT2D eigenvalue weighted by Crippen LogP contribution is 2.30. The molecular weight excluding hydrogens is 361 g/mol. The zero-order chi connectivity index (χ0) is 16.4. The van der Waals surface area contributed by atoms with E-state index < -0.39 is 17.5 Å². The van der Waals surface area contributed by atoms with Gasteiger partial charge in [-0.3, -0.25) is 9.78 Å². The van der Waals surface area contributed by atoms with Crippen LogP contribution < -0.4 is 11.2 Å². The van der Waals surface area contributed by atoms with Crippen molar-refractivity contribution in [2.75, 3.05) is 6.61 Å². The fraction of sp³-hybridized carbons (Fsp3) is 0.357. The molecule has 6 nitrogen and oxygen atoms in total. The molecule has 0 amide bonds. The van der Waals surface area contributed by atoms with Crippen molar-refractivity contribution < 1.29 is 4.74 Å². The van der Waals surface area contributed by atoms with Crippen LogP contribution >= 0.6 is 35.0 Å². The predicted molar refractivity (Wildman–Crippen MR) is 89.4 cm³/mol. The zero-order valence-electron chi connectivity index (χ0n) is 11.9. The highest BCUT2D eigenvalue weighted by atomic mass is 35.5. The summed E-state index contributed by atoms with van der Waals surface area (Å²) in [6.07, 6.45) is 1.12. The van der Waals surface area contributed by atoms with E-state index in [1.807, 2.05) is 0 Å². The Balaban J connectivity index is 1.86. The molecular formula is C14H13Cl2N3O3S. The van der Waals surface area contributed by atoms with Crippen molar-refractivity contribution >= 4 is 35.0 Å². The van der Waals surface area contributed by atoms with Gasteiger partial charge in [0.2, 0.25) is 0 Å². The highest BCUT2D eigenvalue weighted by molar-refractivity contribution is 7.98. The Hall–Kier alpha value is -1.28. The average molecular weight is 374 g/mol. The molecule has 1 atom stereocenters. The topological polar surface area (TPSA) is 77.0 Å². The van der Waals surface area contributed by atoms with E-state index in [-0.39, 0.29) is 5.03 Å². The number of nitrogens with one attached hydrogen (secondary N) is 1. The molecule has 1 saturated heterocycles. The SMILES string of the molecule is O=c1[nH]c(=O)n([C@H]2CCCO2)nc1SCc1c(Cl)cccc1Cl. The minimum atomic E-state index is -0.568. The van der Waals surface area contributed by atoms with Crippen molar-refractivity contribution in [3.63, 3.8) is 0 Å². The van der Waals surface area contributed by atoms with Crippen molar-refractivity contribution in [3.8, 4) is 0 Å². The normalized spacial score (nSPS) is 17.6. The maximum absolute atomic E-state index is 11.9. The molecule has 0 radical (unpaired) electrons.